The minimum atomic E-state index is 0.341. The van der Waals surface area contributed by atoms with Crippen LogP contribution in [-0.2, 0) is 6.42 Å². The van der Waals surface area contributed by atoms with Crippen molar-refractivity contribution in [3.63, 3.8) is 0 Å². The fourth-order valence-corrected chi connectivity index (χ4v) is 2.75. The first-order chi connectivity index (χ1) is 9.84. The maximum absolute atomic E-state index is 5.74. The number of nitrogens with one attached hydrogen (secondary N) is 1. The highest BCUT2D eigenvalue weighted by Gasteiger charge is 2.18. The Hall–Kier alpha value is -0.540. The van der Waals surface area contributed by atoms with Crippen molar-refractivity contribution in [2.75, 3.05) is 13.2 Å². The van der Waals surface area contributed by atoms with Crippen LogP contribution in [0.1, 0.15) is 53.0 Å². The minimum Gasteiger partial charge on any atom is -0.494 e. The van der Waals surface area contributed by atoms with E-state index >= 15 is 0 Å². The summed E-state index contributed by atoms with van der Waals surface area (Å²) in [7, 11) is 0. The van der Waals surface area contributed by atoms with Gasteiger partial charge < -0.3 is 10.1 Å². The summed E-state index contributed by atoms with van der Waals surface area (Å²) < 4.78 is 6.86. The summed E-state index contributed by atoms with van der Waals surface area (Å²) in [6.07, 6.45) is 3.43. The average molecular weight is 356 g/mol. The third-order valence-corrected chi connectivity index (χ3v) is 4.24. The van der Waals surface area contributed by atoms with Crippen molar-refractivity contribution in [1.82, 2.24) is 5.32 Å². The van der Waals surface area contributed by atoms with Crippen LogP contribution in [0.2, 0.25) is 0 Å². The molecule has 0 aromatic heterocycles. The van der Waals surface area contributed by atoms with Crippen LogP contribution in [0.3, 0.4) is 0 Å². The van der Waals surface area contributed by atoms with E-state index in [0.717, 1.165) is 29.8 Å². The first kappa shape index (κ1) is 18.5. The molecule has 0 aliphatic carbocycles. The molecule has 2 nitrogen and oxygen atoms in total. The third-order valence-electron chi connectivity index (χ3n) is 3.75. The van der Waals surface area contributed by atoms with Gasteiger partial charge in [0.2, 0.25) is 0 Å². The van der Waals surface area contributed by atoms with Crippen LogP contribution in [0.25, 0.3) is 0 Å². The molecule has 21 heavy (non-hydrogen) atoms. The van der Waals surface area contributed by atoms with Crippen molar-refractivity contribution in [2.45, 2.75) is 59.9 Å². The molecular formula is C18H30BrNO. The summed E-state index contributed by atoms with van der Waals surface area (Å²) in [5.74, 6) is 1.02. The smallest absolute Gasteiger partial charge is 0.122 e. The van der Waals surface area contributed by atoms with E-state index < -0.39 is 0 Å². The standard InChI is InChI=1S/C18H30BrNO/c1-6-21-17-8-7-16(19)13-15(17)9-10-18(4,5)11-12-20-14(2)3/h7-8,13-14,20H,6,9-12H2,1-5H3. The van der Waals surface area contributed by atoms with E-state index in [2.05, 4.69) is 61.1 Å². The van der Waals surface area contributed by atoms with E-state index in [4.69, 9.17) is 4.74 Å². The molecule has 0 bridgehead atoms. The number of rotatable bonds is 9. The molecule has 0 amide bonds. The normalized spacial score (nSPS) is 12.0. The zero-order valence-corrected chi connectivity index (χ0v) is 15.7. The summed E-state index contributed by atoms with van der Waals surface area (Å²) in [4.78, 5) is 0. The van der Waals surface area contributed by atoms with Crippen LogP contribution in [0, 0.1) is 5.41 Å². The van der Waals surface area contributed by atoms with Crippen molar-refractivity contribution in [1.29, 1.82) is 0 Å². The van der Waals surface area contributed by atoms with Crippen molar-refractivity contribution in [2.24, 2.45) is 5.41 Å². The second kappa shape index (κ2) is 8.79. The molecule has 0 aliphatic rings. The Morgan fingerprint density at radius 2 is 1.95 bits per heavy atom. The lowest BCUT2D eigenvalue weighted by atomic mass is 9.83. The van der Waals surface area contributed by atoms with Crippen LogP contribution in [0.15, 0.2) is 22.7 Å². The molecule has 120 valence electrons. The molecular weight excluding hydrogens is 326 g/mol. The molecule has 1 rings (SSSR count). The van der Waals surface area contributed by atoms with Gasteiger partial charge >= 0.3 is 0 Å². The lowest BCUT2D eigenvalue weighted by molar-refractivity contribution is 0.293. The summed E-state index contributed by atoms with van der Waals surface area (Å²) >= 11 is 3.56. The van der Waals surface area contributed by atoms with Gasteiger partial charge in [0.1, 0.15) is 5.75 Å². The Kier molecular flexibility index (Phi) is 7.75. The number of halogens is 1. The molecule has 0 unspecified atom stereocenters. The Balaban J connectivity index is 2.58. The van der Waals surface area contributed by atoms with Gasteiger partial charge in [0.05, 0.1) is 6.61 Å². The predicted octanol–water partition coefficient (Wildman–Crippen LogP) is 5.19. The van der Waals surface area contributed by atoms with Gasteiger partial charge in [-0.3, -0.25) is 0 Å². The van der Waals surface area contributed by atoms with Gasteiger partial charge in [-0.05, 0) is 61.9 Å². The second-order valence-corrected chi connectivity index (χ2v) is 7.62. The van der Waals surface area contributed by atoms with Gasteiger partial charge in [-0.25, -0.2) is 0 Å². The van der Waals surface area contributed by atoms with E-state index in [-0.39, 0.29) is 0 Å². The Morgan fingerprint density at radius 1 is 1.24 bits per heavy atom. The molecule has 0 saturated carbocycles. The first-order valence-corrected chi connectivity index (χ1v) is 8.78. The van der Waals surface area contributed by atoms with Crippen molar-refractivity contribution < 1.29 is 4.74 Å². The summed E-state index contributed by atoms with van der Waals surface area (Å²) in [5.41, 5.74) is 1.64. The lowest BCUT2D eigenvalue weighted by Gasteiger charge is -2.26. The van der Waals surface area contributed by atoms with Gasteiger partial charge in [-0.2, -0.15) is 0 Å². The molecule has 1 aromatic carbocycles. The Morgan fingerprint density at radius 3 is 2.57 bits per heavy atom. The van der Waals surface area contributed by atoms with E-state index in [1.165, 1.54) is 18.4 Å². The molecule has 0 fully saturated rings. The molecule has 3 heteroatoms. The van der Waals surface area contributed by atoms with E-state index in [0.29, 0.717) is 11.5 Å². The molecule has 1 aromatic rings. The maximum Gasteiger partial charge on any atom is 0.122 e. The van der Waals surface area contributed by atoms with Gasteiger partial charge in [-0.15, -0.1) is 0 Å². The quantitative estimate of drug-likeness (QED) is 0.657. The van der Waals surface area contributed by atoms with E-state index in [9.17, 15) is 0 Å². The number of benzene rings is 1. The maximum atomic E-state index is 5.74. The zero-order valence-electron chi connectivity index (χ0n) is 14.1. The monoisotopic (exact) mass is 355 g/mol. The second-order valence-electron chi connectivity index (χ2n) is 6.71. The first-order valence-electron chi connectivity index (χ1n) is 7.98. The van der Waals surface area contributed by atoms with Crippen molar-refractivity contribution in [3.8, 4) is 5.75 Å². The minimum absolute atomic E-state index is 0.341. The topological polar surface area (TPSA) is 21.3 Å². The SMILES string of the molecule is CCOc1ccc(Br)cc1CCC(C)(C)CCNC(C)C. The number of aryl methyl sites for hydroxylation is 1. The highest BCUT2D eigenvalue weighted by atomic mass is 79.9. The average Bonchev–Trinajstić information content (AvgIpc) is 2.38. The van der Waals surface area contributed by atoms with Crippen LogP contribution in [0.5, 0.6) is 5.75 Å². The molecule has 0 radical (unpaired) electrons. The van der Waals surface area contributed by atoms with Crippen LogP contribution < -0.4 is 10.1 Å². The Bertz CT molecular complexity index is 429. The van der Waals surface area contributed by atoms with Crippen LogP contribution in [-0.4, -0.2) is 19.2 Å². The molecule has 0 spiro atoms. The molecule has 0 atom stereocenters. The largest absolute Gasteiger partial charge is 0.494 e. The lowest BCUT2D eigenvalue weighted by Crippen LogP contribution is -2.28. The fourth-order valence-electron chi connectivity index (χ4n) is 2.34. The van der Waals surface area contributed by atoms with E-state index in [1.54, 1.807) is 0 Å². The third kappa shape index (κ3) is 7.32. The van der Waals surface area contributed by atoms with Gasteiger partial charge in [0, 0.05) is 10.5 Å². The van der Waals surface area contributed by atoms with E-state index in [1.807, 2.05) is 13.0 Å². The molecule has 1 N–H and O–H groups in total. The number of hydrogen-bond acceptors (Lipinski definition) is 2. The highest BCUT2D eigenvalue weighted by molar-refractivity contribution is 9.10. The summed E-state index contributed by atoms with van der Waals surface area (Å²) in [5, 5.41) is 3.51. The molecule has 0 aliphatic heterocycles. The summed E-state index contributed by atoms with van der Waals surface area (Å²) in [6.45, 7) is 12.9. The zero-order chi connectivity index (χ0) is 15.9. The van der Waals surface area contributed by atoms with Gasteiger partial charge in [0.25, 0.3) is 0 Å². The highest BCUT2D eigenvalue weighted by Crippen LogP contribution is 2.31. The van der Waals surface area contributed by atoms with Gasteiger partial charge in [0.15, 0.2) is 0 Å². The molecule has 0 heterocycles. The number of hydrogen-bond donors (Lipinski definition) is 1. The van der Waals surface area contributed by atoms with Crippen molar-refractivity contribution in [3.05, 3.63) is 28.2 Å². The number of ether oxygens (including phenoxy) is 1. The Labute approximate surface area is 138 Å². The van der Waals surface area contributed by atoms with Crippen LogP contribution in [0.4, 0.5) is 0 Å². The molecule has 0 saturated heterocycles. The van der Waals surface area contributed by atoms with Crippen LogP contribution >= 0.6 is 15.9 Å². The fraction of sp³-hybridized carbons (Fsp3) is 0.667. The van der Waals surface area contributed by atoms with Crippen molar-refractivity contribution >= 4 is 15.9 Å². The summed E-state index contributed by atoms with van der Waals surface area (Å²) in [6, 6.07) is 6.87. The van der Waals surface area contributed by atoms with Gasteiger partial charge in [-0.1, -0.05) is 43.6 Å². The predicted molar refractivity (Wildman–Crippen MR) is 95.2 cm³/mol.